The number of imide groups is 1. The lowest BCUT2D eigenvalue weighted by molar-refractivity contribution is -0.0570. The highest BCUT2D eigenvalue weighted by Gasteiger charge is 2.39. The van der Waals surface area contributed by atoms with Gasteiger partial charge in [-0.2, -0.15) is 17.5 Å². The number of amides is 2. The van der Waals surface area contributed by atoms with E-state index in [0.717, 1.165) is 4.90 Å². The third-order valence-corrected chi connectivity index (χ3v) is 4.74. The molecule has 2 amide bonds. The first-order valence-electron chi connectivity index (χ1n) is 6.77. The monoisotopic (exact) mass is 383 g/mol. The number of alkyl halides is 3. The van der Waals surface area contributed by atoms with Gasteiger partial charge in [-0.3, -0.25) is 9.59 Å². The first-order chi connectivity index (χ1) is 11.8. The fourth-order valence-electron chi connectivity index (χ4n) is 2.44. The number of carbonyl (C=O) groups is 2. The maximum Gasteiger partial charge on any atom is 0.470 e. The minimum atomic E-state index is -4.75. The zero-order valence-corrected chi connectivity index (χ0v) is 13.9. The summed E-state index contributed by atoms with van der Waals surface area (Å²) >= 11 is 0.446. The van der Waals surface area contributed by atoms with E-state index in [1.54, 1.807) is 18.2 Å². The van der Waals surface area contributed by atoms with Gasteiger partial charge in [0.1, 0.15) is 12.0 Å². The maximum absolute atomic E-state index is 12.4. The van der Waals surface area contributed by atoms with Gasteiger partial charge in [-0.1, -0.05) is 18.1 Å². The summed E-state index contributed by atoms with van der Waals surface area (Å²) < 4.78 is 41.3. The predicted molar refractivity (Wildman–Crippen MR) is 88.7 cm³/mol. The molecule has 1 aliphatic rings. The minimum absolute atomic E-state index is 0.0954. The number of hydrogen-bond acceptors (Lipinski definition) is 5. The molecule has 3 rings (SSSR count). The topological polar surface area (TPSA) is 46.6 Å². The Morgan fingerprint density at radius 2 is 1.80 bits per heavy atom. The van der Waals surface area contributed by atoms with Crippen LogP contribution in [0.5, 0.6) is 0 Å². The minimum Gasteiger partial charge on any atom is -0.266 e. The van der Waals surface area contributed by atoms with Crippen LogP contribution in [-0.4, -0.2) is 28.1 Å². The molecular formula is C16H8F3NO3S2. The van der Waals surface area contributed by atoms with Crippen molar-refractivity contribution in [3.63, 3.8) is 0 Å². The number of hydrogen-bond donors (Lipinski definition) is 0. The Balaban J connectivity index is 2.07. The predicted octanol–water partition coefficient (Wildman–Crippen LogP) is 4.26. The summed E-state index contributed by atoms with van der Waals surface area (Å²) in [5, 5.41) is 1.15. The largest absolute Gasteiger partial charge is 0.470 e. The van der Waals surface area contributed by atoms with Crippen LogP contribution in [0.15, 0.2) is 35.2 Å². The van der Waals surface area contributed by atoms with Gasteiger partial charge in [-0.15, -0.1) is 23.2 Å². The van der Waals surface area contributed by atoms with Gasteiger partial charge in [0.25, 0.3) is 11.8 Å². The summed E-state index contributed by atoms with van der Waals surface area (Å²) in [5.74, 6) is 0.995. The molecule has 2 aromatic rings. The van der Waals surface area contributed by atoms with Gasteiger partial charge >= 0.3 is 5.51 Å². The number of hydroxylamine groups is 2. The van der Waals surface area contributed by atoms with E-state index in [4.69, 9.17) is 6.42 Å². The van der Waals surface area contributed by atoms with Gasteiger partial charge in [-0.25, -0.2) is 0 Å². The van der Waals surface area contributed by atoms with E-state index < -0.39 is 29.4 Å². The van der Waals surface area contributed by atoms with Crippen LogP contribution in [0.1, 0.15) is 20.7 Å². The molecule has 128 valence electrons. The van der Waals surface area contributed by atoms with Crippen molar-refractivity contribution in [1.82, 2.24) is 5.06 Å². The van der Waals surface area contributed by atoms with Gasteiger partial charge in [0.15, 0.2) is 0 Å². The Kier molecular flexibility index (Phi) is 4.69. The van der Waals surface area contributed by atoms with Crippen molar-refractivity contribution in [3.05, 3.63) is 41.5 Å². The number of carbonyl (C=O) groups excluding carboxylic acids is 2. The van der Waals surface area contributed by atoms with Gasteiger partial charge in [-0.05, 0) is 23.6 Å². The molecular weight excluding hydrogens is 375 g/mol. The van der Waals surface area contributed by atoms with Crippen molar-refractivity contribution in [2.75, 3.05) is 5.75 Å². The Morgan fingerprint density at radius 3 is 2.44 bits per heavy atom. The molecule has 2 aromatic carbocycles. The Labute approximate surface area is 148 Å². The normalized spacial score (nSPS) is 14.1. The molecule has 0 fully saturated rings. The van der Waals surface area contributed by atoms with E-state index in [-0.39, 0.29) is 16.2 Å². The van der Waals surface area contributed by atoms with Gasteiger partial charge in [0, 0.05) is 10.3 Å². The first-order valence-corrected chi connectivity index (χ1v) is 8.49. The van der Waals surface area contributed by atoms with E-state index in [1.807, 2.05) is 0 Å². The van der Waals surface area contributed by atoms with Crippen molar-refractivity contribution >= 4 is 46.4 Å². The fourth-order valence-corrected chi connectivity index (χ4v) is 3.46. The zero-order valence-electron chi connectivity index (χ0n) is 12.3. The summed E-state index contributed by atoms with van der Waals surface area (Å²) in [4.78, 5) is 25.6. The van der Waals surface area contributed by atoms with Crippen LogP contribution >= 0.6 is 23.8 Å². The number of thioether (sulfide) groups is 1. The molecule has 0 saturated carbocycles. The Bertz CT molecular complexity index is 899. The van der Waals surface area contributed by atoms with Crippen LogP contribution < -0.4 is 0 Å². The molecule has 25 heavy (non-hydrogen) atoms. The molecule has 0 atom stereocenters. The van der Waals surface area contributed by atoms with Crippen molar-refractivity contribution < 1.29 is 27.0 Å². The van der Waals surface area contributed by atoms with E-state index in [9.17, 15) is 22.8 Å². The molecule has 1 aliphatic heterocycles. The van der Waals surface area contributed by atoms with Gasteiger partial charge < -0.3 is 0 Å². The van der Waals surface area contributed by atoms with Crippen LogP contribution in [0.3, 0.4) is 0 Å². The first kappa shape index (κ1) is 17.7. The highest BCUT2D eigenvalue weighted by Crippen LogP contribution is 2.38. The van der Waals surface area contributed by atoms with Crippen molar-refractivity contribution in [2.45, 2.75) is 10.4 Å². The lowest BCUT2D eigenvalue weighted by Crippen LogP contribution is -2.39. The second-order valence-corrected chi connectivity index (χ2v) is 6.64. The molecule has 0 unspecified atom stereocenters. The van der Waals surface area contributed by atoms with E-state index >= 15 is 0 Å². The standard InChI is InChI=1S/C16H8F3NO3S2/c1-2-8-24-12-7-6-11-13-9(12)4-3-5-10(13)14(21)20(15(11)22)23-25-16(17,18)19/h1,3-7H,8H2. The van der Waals surface area contributed by atoms with Crippen LogP contribution in [-0.2, 0) is 4.28 Å². The average molecular weight is 383 g/mol. The molecule has 1 heterocycles. The SMILES string of the molecule is C#CCSc1ccc2c3c(cccc13)C(=O)N(OSC(F)(F)F)C2=O. The molecule has 0 aliphatic carbocycles. The summed E-state index contributed by atoms with van der Waals surface area (Å²) in [5.41, 5.74) is -4.56. The van der Waals surface area contributed by atoms with Crippen molar-refractivity contribution in [3.8, 4) is 12.3 Å². The maximum atomic E-state index is 12.4. The molecule has 9 heteroatoms. The fraction of sp³-hybridized carbons (Fsp3) is 0.125. The smallest absolute Gasteiger partial charge is 0.266 e. The average Bonchev–Trinajstić information content (AvgIpc) is 2.57. The lowest BCUT2D eigenvalue weighted by Gasteiger charge is -2.25. The second kappa shape index (κ2) is 6.63. The number of benzene rings is 2. The summed E-state index contributed by atoms with van der Waals surface area (Å²) in [6.45, 7) is 0. The van der Waals surface area contributed by atoms with Gasteiger partial charge in [0.2, 0.25) is 0 Å². The Hall–Kier alpha value is -2.15. The third kappa shape index (κ3) is 3.33. The van der Waals surface area contributed by atoms with E-state index in [0.29, 0.717) is 16.5 Å². The van der Waals surface area contributed by atoms with Crippen molar-refractivity contribution in [1.29, 1.82) is 0 Å². The van der Waals surface area contributed by atoms with E-state index in [2.05, 4.69) is 10.2 Å². The summed E-state index contributed by atoms with van der Waals surface area (Å²) in [6, 6.07) is 7.85. The molecule has 0 bridgehead atoms. The number of terminal acetylenes is 1. The third-order valence-electron chi connectivity index (χ3n) is 3.35. The quantitative estimate of drug-likeness (QED) is 0.342. The number of halogens is 3. The zero-order chi connectivity index (χ0) is 18.2. The van der Waals surface area contributed by atoms with E-state index in [1.165, 1.54) is 23.9 Å². The Morgan fingerprint density at radius 1 is 1.12 bits per heavy atom. The van der Waals surface area contributed by atoms with Crippen LogP contribution in [0.25, 0.3) is 10.8 Å². The van der Waals surface area contributed by atoms with Gasteiger partial charge in [0.05, 0.1) is 16.9 Å². The number of rotatable bonds is 4. The van der Waals surface area contributed by atoms with Crippen LogP contribution in [0, 0.1) is 12.3 Å². The lowest BCUT2D eigenvalue weighted by atomic mass is 9.95. The summed E-state index contributed by atoms with van der Waals surface area (Å²) in [6.07, 6.45) is 5.25. The second-order valence-electron chi connectivity index (χ2n) is 4.84. The molecule has 0 radical (unpaired) electrons. The molecule has 0 aromatic heterocycles. The summed E-state index contributed by atoms with van der Waals surface area (Å²) in [7, 11) is 0. The van der Waals surface area contributed by atoms with Crippen LogP contribution in [0.2, 0.25) is 0 Å². The number of nitrogens with zero attached hydrogens (tertiary/aromatic N) is 1. The molecule has 0 N–H and O–H groups in total. The highest BCUT2D eigenvalue weighted by molar-refractivity contribution is 7.99. The van der Waals surface area contributed by atoms with Crippen LogP contribution in [0.4, 0.5) is 13.2 Å². The highest BCUT2D eigenvalue weighted by atomic mass is 32.2. The van der Waals surface area contributed by atoms with Crippen molar-refractivity contribution in [2.24, 2.45) is 0 Å². The molecule has 0 spiro atoms. The molecule has 0 saturated heterocycles. The molecule has 4 nitrogen and oxygen atoms in total.